The minimum absolute atomic E-state index is 0.0702. The summed E-state index contributed by atoms with van der Waals surface area (Å²) in [4.78, 5) is 11.8. The largest absolute Gasteiger partial charge is 0.327 e. The molecule has 0 spiro atoms. The van der Waals surface area contributed by atoms with Crippen molar-refractivity contribution >= 4 is 5.78 Å². The average Bonchev–Trinajstić information content (AvgIpc) is 2.46. The van der Waals surface area contributed by atoms with Crippen molar-refractivity contribution in [3.63, 3.8) is 0 Å². The van der Waals surface area contributed by atoms with E-state index in [1.807, 2.05) is 0 Å². The predicted molar refractivity (Wildman–Crippen MR) is 66.4 cm³/mol. The summed E-state index contributed by atoms with van der Waals surface area (Å²) < 4.78 is 1.59. The first-order valence-corrected chi connectivity index (χ1v) is 5.89. The van der Waals surface area contributed by atoms with Crippen molar-refractivity contribution in [1.82, 2.24) is 15.0 Å². The number of hydrogen-bond donors (Lipinski definition) is 1. The summed E-state index contributed by atoms with van der Waals surface area (Å²) in [7, 11) is 1.78. The van der Waals surface area contributed by atoms with Gasteiger partial charge in [0.2, 0.25) is 0 Å². The van der Waals surface area contributed by atoms with Gasteiger partial charge in [0.1, 0.15) is 5.78 Å². The van der Waals surface area contributed by atoms with Gasteiger partial charge in [-0.15, -0.1) is 5.10 Å². The smallest absolute Gasteiger partial charge is 0.140 e. The normalized spacial score (nSPS) is 13.7. The van der Waals surface area contributed by atoms with Gasteiger partial charge in [-0.05, 0) is 11.8 Å². The van der Waals surface area contributed by atoms with Crippen LogP contribution in [0, 0.1) is 5.41 Å². The standard InChI is InChI=1S/C12H22N4O/c1-12(2,3)7-9(13)5-11(17)6-10-8-16(4)15-14-10/h8-9H,5-7,13H2,1-4H3. The number of carbonyl (C=O) groups excluding carboxylic acids is 1. The van der Waals surface area contributed by atoms with Crippen LogP contribution in [-0.2, 0) is 18.3 Å². The summed E-state index contributed by atoms with van der Waals surface area (Å²) in [5.41, 5.74) is 6.83. The summed E-state index contributed by atoms with van der Waals surface area (Å²) in [5, 5.41) is 7.68. The Balaban J connectivity index is 2.39. The number of hydrogen-bond acceptors (Lipinski definition) is 4. The van der Waals surface area contributed by atoms with Gasteiger partial charge in [-0.2, -0.15) is 0 Å². The molecule has 1 unspecified atom stereocenters. The maximum Gasteiger partial charge on any atom is 0.140 e. The van der Waals surface area contributed by atoms with Crippen LogP contribution >= 0.6 is 0 Å². The molecule has 2 N–H and O–H groups in total. The van der Waals surface area contributed by atoms with Gasteiger partial charge in [0.15, 0.2) is 0 Å². The van der Waals surface area contributed by atoms with E-state index >= 15 is 0 Å². The molecule has 1 rings (SSSR count). The third kappa shape index (κ3) is 5.58. The Morgan fingerprint density at radius 2 is 2.18 bits per heavy atom. The molecule has 1 aromatic rings. The fourth-order valence-electron chi connectivity index (χ4n) is 1.90. The van der Waals surface area contributed by atoms with Crippen LogP contribution in [0.25, 0.3) is 0 Å². The Kier molecular flexibility index (Phi) is 4.40. The van der Waals surface area contributed by atoms with Crippen molar-refractivity contribution in [3.05, 3.63) is 11.9 Å². The average molecular weight is 238 g/mol. The van der Waals surface area contributed by atoms with Gasteiger partial charge in [0.25, 0.3) is 0 Å². The number of rotatable bonds is 5. The third-order valence-corrected chi connectivity index (χ3v) is 2.39. The van der Waals surface area contributed by atoms with Gasteiger partial charge >= 0.3 is 0 Å². The molecule has 0 saturated heterocycles. The van der Waals surface area contributed by atoms with Crippen molar-refractivity contribution in [1.29, 1.82) is 0 Å². The zero-order valence-electron chi connectivity index (χ0n) is 11.1. The van der Waals surface area contributed by atoms with Gasteiger partial charge in [-0.25, -0.2) is 0 Å². The van der Waals surface area contributed by atoms with Gasteiger partial charge in [-0.1, -0.05) is 26.0 Å². The first kappa shape index (κ1) is 13.8. The second-order valence-electron chi connectivity index (χ2n) is 5.83. The van der Waals surface area contributed by atoms with Crippen molar-refractivity contribution in [3.8, 4) is 0 Å². The van der Waals surface area contributed by atoms with Crippen molar-refractivity contribution in [2.24, 2.45) is 18.2 Å². The van der Waals surface area contributed by atoms with Gasteiger partial charge < -0.3 is 5.73 Å². The molecule has 0 radical (unpaired) electrons. The van der Waals surface area contributed by atoms with Crippen LogP contribution in [0.2, 0.25) is 0 Å². The minimum Gasteiger partial charge on any atom is -0.327 e. The fourth-order valence-corrected chi connectivity index (χ4v) is 1.90. The minimum atomic E-state index is -0.0702. The Morgan fingerprint density at radius 1 is 1.53 bits per heavy atom. The molecular formula is C12H22N4O. The van der Waals surface area contributed by atoms with E-state index in [9.17, 15) is 4.79 Å². The first-order valence-electron chi connectivity index (χ1n) is 5.89. The zero-order chi connectivity index (χ0) is 13.1. The molecule has 0 aliphatic heterocycles. The Hall–Kier alpha value is -1.23. The number of aromatic nitrogens is 3. The topological polar surface area (TPSA) is 73.8 Å². The third-order valence-electron chi connectivity index (χ3n) is 2.39. The molecule has 0 saturated carbocycles. The number of carbonyl (C=O) groups is 1. The van der Waals surface area contributed by atoms with E-state index in [1.165, 1.54) is 0 Å². The second kappa shape index (κ2) is 5.40. The van der Waals surface area contributed by atoms with Crippen LogP contribution in [0.4, 0.5) is 0 Å². The van der Waals surface area contributed by atoms with Crippen LogP contribution in [0.5, 0.6) is 0 Å². The monoisotopic (exact) mass is 238 g/mol. The number of nitrogens with zero attached hydrogens (tertiary/aromatic N) is 3. The highest BCUT2D eigenvalue weighted by Gasteiger charge is 2.18. The molecule has 96 valence electrons. The van der Waals surface area contributed by atoms with E-state index in [4.69, 9.17) is 5.73 Å². The molecule has 1 atom stereocenters. The van der Waals surface area contributed by atoms with Crippen LogP contribution in [0.1, 0.15) is 39.3 Å². The summed E-state index contributed by atoms with van der Waals surface area (Å²) >= 11 is 0. The Bertz CT molecular complexity index is 378. The second-order valence-corrected chi connectivity index (χ2v) is 5.83. The fraction of sp³-hybridized carbons (Fsp3) is 0.750. The van der Waals surface area contributed by atoms with E-state index in [0.717, 1.165) is 6.42 Å². The maximum atomic E-state index is 11.8. The molecule has 17 heavy (non-hydrogen) atoms. The Morgan fingerprint density at radius 3 is 2.65 bits per heavy atom. The molecule has 0 fully saturated rings. The van der Waals surface area contributed by atoms with Crippen molar-refractivity contribution < 1.29 is 4.79 Å². The number of Topliss-reactive ketones (excluding diaryl/α,β-unsaturated/α-hetero) is 1. The molecular weight excluding hydrogens is 216 g/mol. The van der Waals surface area contributed by atoms with Crippen molar-refractivity contribution in [2.75, 3.05) is 0 Å². The molecule has 5 nitrogen and oxygen atoms in total. The first-order chi connectivity index (χ1) is 7.76. The molecule has 1 aromatic heterocycles. The highest BCUT2D eigenvalue weighted by atomic mass is 16.1. The van der Waals surface area contributed by atoms with E-state index in [-0.39, 0.29) is 17.2 Å². The van der Waals surface area contributed by atoms with Crippen LogP contribution < -0.4 is 5.73 Å². The van der Waals surface area contributed by atoms with E-state index in [1.54, 1.807) is 17.9 Å². The number of ketones is 1. The zero-order valence-corrected chi connectivity index (χ0v) is 11.1. The summed E-state index contributed by atoms with van der Waals surface area (Å²) in [6.45, 7) is 6.38. The highest BCUT2D eigenvalue weighted by molar-refractivity contribution is 5.80. The van der Waals surface area contributed by atoms with Gasteiger partial charge in [0, 0.05) is 25.7 Å². The van der Waals surface area contributed by atoms with E-state index in [0.29, 0.717) is 18.5 Å². The van der Waals surface area contributed by atoms with E-state index < -0.39 is 0 Å². The van der Waals surface area contributed by atoms with Gasteiger partial charge in [-0.3, -0.25) is 9.48 Å². The summed E-state index contributed by atoms with van der Waals surface area (Å²) in [6.07, 6.45) is 3.34. The van der Waals surface area contributed by atoms with Crippen LogP contribution in [0.15, 0.2) is 6.20 Å². The molecule has 0 aliphatic rings. The molecule has 0 bridgehead atoms. The SMILES string of the molecule is Cn1cc(CC(=O)CC(N)CC(C)(C)C)nn1. The molecule has 1 heterocycles. The van der Waals surface area contributed by atoms with Gasteiger partial charge in [0.05, 0.1) is 12.1 Å². The molecule has 0 amide bonds. The van der Waals surface area contributed by atoms with Crippen LogP contribution in [-0.4, -0.2) is 26.8 Å². The molecule has 5 heteroatoms. The molecule has 0 aromatic carbocycles. The lowest BCUT2D eigenvalue weighted by molar-refractivity contribution is -0.118. The number of nitrogens with two attached hydrogens (primary N) is 1. The van der Waals surface area contributed by atoms with Crippen LogP contribution in [0.3, 0.4) is 0 Å². The van der Waals surface area contributed by atoms with Crippen molar-refractivity contribution in [2.45, 2.75) is 46.1 Å². The summed E-state index contributed by atoms with van der Waals surface area (Å²) in [5.74, 6) is 0.127. The lowest BCUT2D eigenvalue weighted by Crippen LogP contribution is -2.29. The number of aryl methyl sites for hydroxylation is 1. The predicted octanol–water partition coefficient (Wildman–Crippen LogP) is 1.08. The van der Waals surface area contributed by atoms with E-state index in [2.05, 4.69) is 31.1 Å². The quantitative estimate of drug-likeness (QED) is 0.833. The maximum absolute atomic E-state index is 11.8. The lowest BCUT2D eigenvalue weighted by atomic mass is 9.86. The highest BCUT2D eigenvalue weighted by Crippen LogP contribution is 2.21. The Labute approximate surface area is 102 Å². The molecule has 0 aliphatic carbocycles. The lowest BCUT2D eigenvalue weighted by Gasteiger charge is -2.22. The summed E-state index contributed by atoms with van der Waals surface area (Å²) in [6, 6.07) is -0.0702.